The monoisotopic (exact) mass is 221 g/mol. The van der Waals surface area contributed by atoms with Crippen molar-refractivity contribution < 1.29 is 0 Å². The Morgan fingerprint density at radius 1 is 1.33 bits per heavy atom. The van der Waals surface area contributed by atoms with E-state index < -0.39 is 0 Å². The molecule has 0 amide bonds. The molecule has 2 rings (SSSR count). The minimum absolute atomic E-state index is 0.177. The average Bonchev–Trinajstić information content (AvgIpc) is 2.19. The second kappa shape index (κ2) is 3.76. The van der Waals surface area contributed by atoms with Crippen LogP contribution in [0.25, 0.3) is 10.9 Å². The van der Waals surface area contributed by atoms with E-state index in [1.807, 2.05) is 32.0 Å². The van der Waals surface area contributed by atoms with E-state index in [1.54, 1.807) is 0 Å². The van der Waals surface area contributed by atoms with Gasteiger partial charge in [-0.25, -0.2) is 9.97 Å². The predicted octanol–water partition coefficient (Wildman–Crippen LogP) is 2.61. The fourth-order valence-electron chi connectivity index (χ4n) is 1.50. The molecule has 78 valence electrons. The van der Waals surface area contributed by atoms with Crippen LogP contribution in [0.1, 0.15) is 24.5 Å². The van der Waals surface area contributed by atoms with Gasteiger partial charge in [-0.15, -0.1) is 0 Å². The van der Waals surface area contributed by atoms with Gasteiger partial charge in [-0.1, -0.05) is 23.7 Å². The van der Waals surface area contributed by atoms with Gasteiger partial charge in [0.15, 0.2) is 0 Å². The first kappa shape index (κ1) is 10.3. The Labute approximate surface area is 93.3 Å². The molecule has 0 bridgehead atoms. The molecule has 1 unspecified atom stereocenters. The van der Waals surface area contributed by atoms with Gasteiger partial charge in [0, 0.05) is 11.1 Å². The Balaban J connectivity index is 2.80. The summed E-state index contributed by atoms with van der Waals surface area (Å²) in [7, 11) is 0. The quantitative estimate of drug-likeness (QED) is 0.806. The molecule has 1 heterocycles. The Bertz CT molecular complexity index is 508. The van der Waals surface area contributed by atoms with Gasteiger partial charge in [-0.3, -0.25) is 0 Å². The maximum Gasteiger partial charge on any atom is 0.145 e. The van der Waals surface area contributed by atoms with Gasteiger partial charge >= 0.3 is 0 Å². The van der Waals surface area contributed by atoms with Crippen molar-refractivity contribution in [2.45, 2.75) is 19.9 Å². The zero-order chi connectivity index (χ0) is 11.0. The van der Waals surface area contributed by atoms with E-state index in [4.69, 9.17) is 17.3 Å². The van der Waals surface area contributed by atoms with Crippen molar-refractivity contribution in [3.05, 3.63) is 34.7 Å². The molecule has 2 aromatic rings. The first-order valence-electron chi connectivity index (χ1n) is 4.78. The van der Waals surface area contributed by atoms with Crippen LogP contribution in [-0.4, -0.2) is 9.97 Å². The smallest absolute Gasteiger partial charge is 0.145 e. The van der Waals surface area contributed by atoms with Gasteiger partial charge in [-0.05, 0) is 19.9 Å². The summed E-state index contributed by atoms with van der Waals surface area (Å²) in [6.07, 6.45) is 0. The Hall–Kier alpha value is -1.19. The molecule has 1 aromatic carbocycles. The molecule has 0 fully saturated rings. The van der Waals surface area contributed by atoms with Crippen LogP contribution in [0.2, 0.25) is 5.02 Å². The number of aryl methyl sites for hydroxylation is 1. The van der Waals surface area contributed by atoms with Crippen LogP contribution in [0.4, 0.5) is 0 Å². The van der Waals surface area contributed by atoms with E-state index in [9.17, 15) is 0 Å². The Kier molecular flexibility index (Phi) is 2.59. The molecule has 0 spiro atoms. The summed E-state index contributed by atoms with van der Waals surface area (Å²) in [6, 6.07) is 5.50. The van der Waals surface area contributed by atoms with Crippen LogP contribution in [0, 0.1) is 6.92 Å². The van der Waals surface area contributed by atoms with Crippen LogP contribution in [0.3, 0.4) is 0 Å². The molecule has 0 aliphatic heterocycles. The molecule has 0 aliphatic carbocycles. The van der Waals surface area contributed by atoms with Gasteiger partial charge in [0.05, 0.1) is 16.6 Å². The minimum atomic E-state index is -0.177. The summed E-state index contributed by atoms with van der Waals surface area (Å²) in [5.41, 5.74) is 7.44. The third-order valence-corrected chi connectivity index (χ3v) is 2.60. The van der Waals surface area contributed by atoms with Gasteiger partial charge in [0.1, 0.15) is 5.82 Å². The SMILES string of the molecule is Cc1nc(C(C)N)nc2c(Cl)cccc12. The van der Waals surface area contributed by atoms with Gasteiger partial charge in [0.2, 0.25) is 0 Å². The first-order chi connectivity index (χ1) is 7.09. The molecule has 1 atom stereocenters. The Morgan fingerprint density at radius 2 is 2.07 bits per heavy atom. The highest BCUT2D eigenvalue weighted by Crippen LogP contribution is 2.24. The van der Waals surface area contributed by atoms with Crippen molar-refractivity contribution >= 4 is 22.5 Å². The highest BCUT2D eigenvalue weighted by atomic mass is 35.5. The predicted molar refractivity (Wildman–Crippen MR) is 61.9 cm³/mol. The molecular formula is C11H12ClN3. The van der Waals surface area contributed by atoms with E-state index in [2.05, 4.69) is 9.97 Å². The van der Waals surface area contributed by atoms with Gasteiger partial charge < -0.3 is 5.73 Å². The van der Waals surface area contributed by atoms with Crippen LogP contribution in [-0.2, 0) is 0 Å². The number of nitrogens with two attached hydrogens (primary N) is 1. The number of rotatable bonds is 1. The zero-order valence-electron chi connectivity index (χ0n) is 8.66. The van der Waals surface area contributed by atoms with Crippen molar-refractivity contribution in [1.82, 2.24) is 9.97 Å². The van der Waals surface area contributed by atoms with Crippen molar-refractivity contribution in [3.63, 3.8) is 0 Å². The van der Waals surface area contributed by atoms with Gasteiger partial charge in [0.25, 0.3) is 0 Å². The van der Waals surface area contributed by atoms with E-state index >= 15 is 0 Å². The summed E-state index contributed by atoms with van der Waals surface area (Å²) in [5, 5.41) is 1.62. The van der Waals surface area contributed by atoms with Crippen LogP contribution >= 0.6 is 11.6 Å². The molecule has 0 aliphatic rings. The number of para-hydroxylation sites is 1. The van der Waals surface area contributed by atoms with Gasteiger partial charge in [-0.2, -0.15) is 0 Å². The van der Waals surface area contributed by atoms with Crippen molar-refractivity contribution in [2.24, 2.45) is 5.73 Å². The fraction of sp³-hybridized carbons (Fsp3) is 0.273. The lowest BCUT2D eigenvalue weighted by Gasteiger charge is -2.08. The lowest BCUT2D eigenvalue weighted by Crippen LogP contribution is -2.10. The highest BCUT2D eigenvalue weighted by Gasteiger charge is 2.09. The molecule has 15 heavy (non-hydrogen) atoms. The molecular weight excluding hydrogens is 210 g/mol. The molecule has 0 saturated heterocycles. The van der Waals surface area contributed by atoms with Crippen molar-refractivity contribution in [2.75, 3.05) is 0 Å². The van der Waals surface area contributed by atoms with E-state index in [-0.39, 0.29) is 6.04 Å². The molecule has 4 heteroatoms. The molecule has 2 N–H and O–H groups in total. The number of fused-ring (bicyclic) bond motifs is 1. The number of halogens is 1. The second-order valence-electron chi connectivity index (χ2n) is 3.59. The largest absolute Gasteiger partial charge is 0.322 e. The first-order valence-corrected chi connectivity index (χ1v) is 5.15. The average molecular weight is 222 g/mol. The van der Waals surface area contributed by atoms with Crippen LogP contribution in [0.5, 0.6) is 0 Å². The lowest BCUT2D eigenvalue weighted by atomic mass is 10.2. The Morgan fingerprint density at radius 3 is 2.73 bits per heavy atom. The molecule has 3 nitrogen and oxygen atoms in total. The number of benzene rings is 1. The van der Waals surface area contributed by atoms with Crippen molar-refractivity contribution in [1.29, 1.82) is 0 Å². The minimum Gasteiger partial charge on any atom is -0.322 e. The standard InChI is InChI=1S/C11H12ClN3/c1-6(13)11-14-7(2)8-4-3-5-9(12)10(8)15-11/h3-6H,13H2,1-2H3. The van der Waals surface area contributed by atoms with E-state index in [0.717, 1.165) is 16.6 Å². The number of aromatic nitrogens is 2. The normalized spacial score (nSPS) is 13.1. The van der Waals surface area contributed by atoms with E-state index in [1.165, 1.54) is 0 Å². The zero-order valence-corrected chi connectivity index (χ0v) is 9.42. The van der Waals surface area contributed by atoms with Crippen LogP contribution < -0.4 is 5.73 Å². The summed E-state index contributed by atoms with van der Waals surface area (Å²) >= 11 is 6.07. The second-order valence-corrected chi connectivity index (χ2v) is 4.00. The highest BCUT2D eigenvalue weighted by molar-refractivity contribution is 6.35. The summed E-state index contributed by atoms with van der Waals surface area (Å²) in [5.74, 6) is 0.633. The fourth-order valence-corrected chi connectivity index (χ4v) is 1.71. The summed E-state index contributed by atoms with van der Waals surface area (Å²) in [6.45, 7) is 3.80. The number of hydrogen-bond acceptors (Lipinski definition) is 3. The summed E-state index contributed by atoms with van der Waals surface area (Å²) < 4.78 is 0. The summed E-state index contributed by atoms with van der Waals surface area (Å²) in [4.78, 5) is 8.71. The maximum absolute atomic E-state index is 6.07. The third-order valence-electron chi connectivity index (χ3n) is 2.29. The number of nitrogens with zero attached hydrogens (tertiary/aromatic N) is 2. The van der Waals surface area contributed by atoms with Crippen molar-refractivity contribution in [3.8, 4) is 0 Å². The molecule has 0 radical (unpaired) electrons. The number of hydrogen-bond donors (Lipinski definition) is 1. The maximum atomic E-state index is 6.07. The third kappa shape index (κ3) is 1.80. The molecule has 1 aromatic heterocycles. The lowest BCUT2D eigenvalue weighted by molar-refractivity contribution is 0.741. The molecule has 0 saturated carbocycles. The topological polar surface area (TPSA) is 51.8 Å². The van der Waals surface area contributed by atoms with E-state index in [0.29, 0.717) is 10.8 Å². The van der Waals surface area contributed by atoms with Crippen LogP contribution in [0.15, 0.2) is 18.2 Å².